The molecule has 0 aromatic heterocycles. The molecule has 0 saturated heterocycles. The molecule has 0 N–H and O–H groups in total. The van der Waals surface area contributed by atoms with Crippen LogP contribution in [0.1, 0.15) is 15.9 Å². The zero-order valence-electron chi connectivity index (χ0n) is 12.7. The highest BCUT2D eigenvalue weighted by molar-refractivity contribution is 7.94. The van der Waals surface area contributed by atoms with Gasteiger partial charge in [0.05, 0.1) is 11.8 Å². The molecule has 0 unspecified atom stereocenters. The molecule has 1 amide bonds. The monoisotopic (exact) mass is 327 g/mol. The van der Waals surface area contributed by atoms with Gasteiger partial charge < -0.3 is 4.90 Å². The van der Waals surface area contributed by atoms with E-state index in [1.807, 2.05) is 55.5 Å². The SMILES string of the molecule is Cc1ccccc1C(=O)N(c1ccccc1)[C@H]1C=CS(=O)(=O)C1. The number of carbonyl (C=O) groups excluding carboxylic acids is 1. The van der Waals surface area contributed by atoms with Crippen LogP contribution in [-0.4, -0.2) is 26.1 Å². The summed E-state index contributed by atoms with van der Waals surface area (Å²) in [7, 11) is -3.25. The Hall–Kier alpha value is -2.40. The number of benzene rings is 2. The van der Waals surface area contributed by atoms with Gasteiger partial charge in [0, 0.05) is 16.7 Å². The third kappa shape index (κ3) is 3.19. The van der Waals surface area contributed by atoms with Crippen LogP contribution in [0.3, 0.4) is 0 Å². The fourth-order valence-corrected chi connectivity index (χ4v) is 3.98. The summed E-state index contributed by atoms with van der Waals surface area (Å²) in [4.78, 5) is 14.6. The number of carbonyl (C=O) groups is 1. The van der Waals surface area contributed by atoms with Crippen LogP contribution in [0.2, 0.25) is 0 Å². The molecule has 0 saturated carbocycles. The van der Waals surface area contributed by atoms with Crippen molar-refractivity contribution in [2.45, 2.75) is 13.0 Å². The van der Waals surface area contributed by atoms with Crippen LogP contribution < -0.4 is 4.90 Å². The predicted molar refractivity (Wildman–Crippen MR) is 91.1 cm³/mol. The van der Waals surface area contributed by atoms with Gasteiger partial charge in [-0.1, -0.05) is 36.4 Å². The Kier molecular flexibility index (Phi) is 4.05. The van der Waals surface area contributed by atoms with Gasteiger partial charge in [0.1, 0.15) is 0 Å². The number of hydrogen-bond donors (Lipinski definition) is 0. The van der Waals surface area contributed by atoms with Crippen molar-refractivity contribution in [3.8, 4) is 0 Å². The Balaban J connectivity index is 2.05. The molecule has 2 aromatic carbocycles. The first-order chi connectivity index (χ1) is 11.0. The summed E-state index contributed by atoms with van der Waals surface area (Å²) in [6.07, 6.45) is 1.58. The minimum absolute atomic E-state index is 0.0838. The molecule has 118 valence electrons. The first-order valence-electron chi connectivity index (χ1n) is 7.33. The van der Waals surface area contributed by atoms with E-state index >= 15 is 0 Å². The lowest BCUT2D eigenvalue weighted by molar-refractivity contribution is 0.0982. The van der Waals surface area contributed by atoms with Crippen LogP contribution in [0, 0.1) is 6.92 Å². The molecule has 3 rings (SSSR count). The molecule has 1 atom stereocenters. The van der Waals surface area contributed by atoms with E-state index in [4.69, 9.17) is 0 Å². The van der Waals surface area contributed by atoms with Crippen molar-refractivity contribution < 1.29 is 13.2 Å². The average Bonchev–Trinajstić information content (AvgIpc) is 2.88. The van der Waals surface area contributed by atoms with Gasteiger partial charge in [-0.25, -0.2) is 8.42 Å². The molecule has 1 heterocycles. The van der Waals surface area contributed by atoms with Crippen molar-refractivity contribution in [1.29, 1.82) is 0 Å². The standard InChI is InChI=1S/C18H17NO3S/c1-14-7-5-6-10-17(14)18(20)19(15-8-3-2-4-9-15)16-11-12-23(21,22)13-16/h2-12,16H,13H2,1H3/t16-/m0/s1. The molecule has 5 heteroatoms. The topological polar surface area (TPSA) is 54.5 Å². The predicted octanol–water partition coefficient (Wildman–Crippen LogP) is 2.95. The van der Waals surface area contributed by atoms with Crippen molar-refractivity contribution in [1.82, 2.24) is 0 Å². The van der Waals surface area contributed by atoms with Crippen LogP contribution in [0.4, 0.5) is 5.69 Å². The lowest BCUT2D eigenvalue weighted by Gasteiger charge is -2.28. The van der Waals surface area contributed by atoms with Crippen LogP contribution >= 0.6 is 0 Å². The third-order valence-corrected chi connectivity index (χ3v) is 5.25. The fraction of sp³-hybridized carbons (Fsp3) is 0.167. The van der Waals surface area contributed by atoms with E-state index < -0.39 is 15.9 Å². The number of hydrogen-bond acceptors (Lipinski definition) is 3. The second-order valence-electron chi connectivity index (χ2n) is 5.55. The van der Waals surface area contributed by atoms with Crippen molar-refractivity contribution in [3.05, 3.63) is 77.2 Å². The van der Waals surface area contributed by atoms with Crippen molar-refractivity contribution >= 4 is 21.4 Å². The zero-order chi connectivity index (χ0) is 16.4. The third-order valence-electron chi connectivity index (χ3n) is 3.87. The normalized spacial score (nSPS) is 18.7. The molecule has 0 bridgehead atoms. The Labute approximate surface area is 136 Å². The first-order valence-corrected chi connectivity index (χ1v) is 9.05. The molecule has 4 nitrogen and oxygen atoms in total. The Bertz CT molecular complexity index is 857. The molecule has 1 aliphatic heterocycles. The van der Waals surface area contributed by atoms with Gasteiger partial charge in [-0.3, -0.25) is 4.79 Å². The smallest absolute Gasteiger partial charge is 0.259 e. The minimum Gasteiger partial charge on any atom is -0.300 e. The number of rotatable bonds is 3. The van der Waals surface area contributed by atoms with Gasteiger partial charge in [-0.2, -0.15) is 0 Å². The number of nitrogens with zero attached hydrogens (tertiary/aromatic N) is 1. The van der Waals surface area contributed by atoms with E-state index in [9.17, 15) is 13.2 Å². The summed E-state index contributed by atoms with van der Waals surface area (Å²) in [6.45, 7) is 1.87. The van der Waals surface area contributed by atoms with Crippen LogP contribution in [0.15, 0.2) is 66.1 Å². The molecule has 0 radical (unpaired) electrons. The molecule has 23 heavy (non-hydrogen) atoms. The second-order valence-corrected chi connectivity index (χ2v) is 7.48. The number of sulfone groups is 1. The summed E-state index contributed by atoms with van der Waals surface area (Å²) in [5, 5.41) is 1.19. The van der Waals surface area contributed by atoms with Crippen LogP contribution in [0.25, 0.3) is 0 Å². The maximum atomic E-state index is 13.1. The molecule has 0 spiro atoms. The highest BCUT2D eigenvalue weighted by atomic mass is 32.2. The van der Waals surface area contributed by atoms with E-state index in [-0.39, 0.29) is 11.7 Å². The number of para-hydroxylation sites is 1. The lowest BCUT2D eigenvalue weighted by atomic mass is 10.1. The molecule has 2 aromatic rings. The van der Waals surface area contributed by atoms with Crippen molar-refractivity contribution in [3.63, 3.8) is 0 Å². The van der Waals surface area contributed by atoms with E-state index in [2.05, 4.69) is 0 Å². The molecule has 1 aliphatic rings. The van der Waals surface area contributed by atoms with Gasteiger partial charge in [0.25, 0.3) is 5.91 Å². The molecular weight excluding hydrogens is 310 g/mol. The van der Waals surface area contributed by atoms with Crippen LogP contribution in [0.5, 0.6) is 0 Å². The quantitative estimate of drug-likeness (QED) is 0.871. The average molecular weight is 327 g/mol. The highest BCUT2D eigenvalue weighted by Gasteiger charge is 2.32. The van der Waals surface area contributed by atoms with Gasteiger partial charge in [0.15, 0.2) is 9.84 Å². The van der Waals surface area contributed by atoms with Gasteiger partial charge in [0.2, 0.25) is 0 Å². The van der Waals surface area contributed by atoms with Crippen LogP contribution in [-0.2, 0) is 9.84 Å². The maximum absolute atomic E-state index is 13.1. The Morgan fingerprint density at radius 2 is 1.70 bits per heavy atom. The Morgan fingerprint density at radius 3 is 2.30 bits per heavy atom. The number of aryl methyl sites for hydroxylation is 1. The Morgan fingerprint density at radius 1 is 1.04 bits per heavy atom. The summed E-state index contributed by atoms with van der Waals surface area (Å²) in [5.74, 6) is -0.277. The number of anilines is 1. The lowest BCUT2D eigenvalue weighted by Crippen LogP contribution is -2.41. The number of amides is 1. The molecule has 0 fully saturated rings. The fourth-order valence-electron chi connectivity index (χ4n) is 2.71. The van der Waals surface area contributed by atoms with Gasteiger partial charge in [-0.15, -0.1) is 0 Å². The summed E-state index contributed by atoms with van der Waals surface area (Å²) in [6, 6.07) is 16.0. The highest BCUT2D eigenvalue weighted by Crippen LogP contribution is 2.25. The molecular formula is C18H17NO3S. The first kappa shape index (κ1) is 15.5. The van der Waals surface area contributed by atoms with Gasteiger partial charge in [-0.05, 0) is 36.8 Å². The van der Waals surface area contributed by atoms with E-state index in [0.717, 1.165) is 5.56 Å². The molecule has 0 aliphatic carbocycles. The largest absolute Gasteiger partial charge is 0.300 e. The zero-order valence-corrected chi connectivity index (χ0v) is 13.5. The van der Waals surface area contributed by atoms with E-state index in [0.29, 0.717) is 11.3 Å². The summed E-state index contributed by atoms with van der Waals surface area (Å²) < 4.78 is 23.6. The summed E-state index contributed by atoms with van der Waals surface area (Å²) in [5.41, 5.74) is 2.13. The van der Waals surface area contributed by atoms with E-state index in [1.54, 1.807) is 17.0 Å². The summed E-state index contributed by atoms with van der Waals surface area (Å²) >= 11 is 0. The second kappa shape index (κ2) is 6.01. The maximum Gasteiger partial charge on any atom is 0.259 e. The van der Waals surface area contributed by atoms with E-state index in [1.165, 1.54) is 5.41 Å². The minimum atomic E-state index is -3.25. The van der Waals surface area contributed by atoms with Gasteiger partial charge >= 0.3 is 0 Å². The van der Waals surface area contributed by atoms with Crippen molar-refractivity contribution in [2.24, 2.45) is 0 Å². The van der Waals surface area contributed by atoms with Crippen molar-refractivity contribution in [2.75, 3.05) is 10.7 Å².